The van der Waals surface area contributed by atoms with Crippen molar-refractivity contribution in [1.82, 2.24) is 10.5 Å². The van der Waals surface area contributed by atoms with Crippen LogP contribution in [0.2, 0.25) is 0 Å². The van der Waals surface area contributed by atoms with E-state index < -0.39 is 6.17 Å². The summed E-state index contributed by atoms with van der Waals surface area (Å²) in [6.07, 6.45) is 0.844. The van der Waals surface area contributed by atoms with Gasteiger partial charge >= 0.3 is 0 Å². The fourth-order valence-electron chi connectivity index (χ4n) is 2.01. The molecule has 6 heteroatoms. The van der Waals surface area contributed by atoms with Gasteiger partial charge in [-0.05, 0) is 12.8 Å². The van der Waals surface area contributed by atoms with Gasteiger partial charge in [-0.3, -0.25) is 4.79 Å². The Kier molecular flexibility index (Phi) is 4.90. The zero-order valence-electron chi connectivity index (χ0n) is 11.0. The van der Waals surface area contributed by atoms with E-state index in [1.54, 1.807) is 0 Å². The summed E-state index contributed by atoms with van der Waals surface area (Å²) in [6, 6.07) is 1.38. The Morgan fingerprint density at radius 2 is 2.53 bits per heavy atom. The van der Waals surface area contributed by atoms with E-state index in [1.165, 1.54) is 6.07 Å². The number of nitrogens with one attached hydrogen (secondary N) is 1. The van der Waals surface area contributed by atoms with Gasteiger partial charge in [0.05, 0.1) is 6.61 Å². The number of nitrogens with zero attached hydrogens (tertiary/aromatic N) is 1. The number of carbonyl (C=O) groups is 1. The van der Waals surface area contributed by atoms with Crippen LogP contribution in [-0.2, 0) is 4.74 Å². The fraction of sp³-hybridized carbons (Fsp3) is 0.692. The second kappa shape index (κ2) is 6.65. The Morgan fingerprint density at radius 1 is 1.68 bits per heavy atom. The summed E-state index contributed by atoms with van der Waals surface area (Å²) >= 11 is 0. The monoisotopic (exact) mass is 270 g/mol. The Balaban J connectivity index is 1.84. The third-order valence-electron chi connectivity index (χ3n) is 3.19. The SMILES string of the molecule is CCCC(F)c1cc(C(=O)NCC2CCOC2)no1. The summed E-state index contributed by atoms with van der Waals surface area (Å²) < 4.78 is 23.6. The highest BCUT2D eigenvalue weighted by atomic mass is 19.1. The Labute approximate surface area is 111 Å². The molecule has 1 fully saturated rings. The molecule has 0 spiro atoms. The third kappa shape index (κ3) is 3.76. The van der Waals surface area contributed by atoms with Crippen molar-refractivity contribution in [3.05, 3.63) is 17.5 Å². The molecule has 2 unspecified atom stereocenters. The number of hydrogen-bond donors (Lipinski definition) is 1. The normalized spacial score (nSPS) is 20.4. The molecular weight excluding hydrogens is 251 g/mol. The molecule has 1 aliphatic heterocycles. The molecule has 106 valence electrons. The molecule has 19 heavy (non-hydrogen) atoms. The molecule has 0 aromatic carbocycles. The van der Waals surface area contributed by atoms with Crippen molar-refractivity contribution in [1.29, 1.82) is 0 Å². The minimum Gasteiger partial charge on any atom is -0.381 e. The van der Waals surface area contributed by atoms with Crippen molar-refractivity contribution in [3.63, 3.8) is 0 Å². The number of hydrogen-bond acceptors (Lipinski definition) is 4. The predicted molar refractivity (Wildman–Crippen MR) is 66.5 cm³/mol. The smallest absolute Gasteiger partial charge is 0.273 e. The summed E-state index contributed by atoms with van der Waals surface area (Å²) in [6.45, 7) is 3.86. The first kappa shape index (κ1) is 14.0. The molecule has 1 aromatic heterocycles. The Bertz CT molecular complexity index is 416. The van der Waals surface area contributed by atoms with Crippen molar-refractivity contribution < 1.29 is 18.4 Å². The van der Waals surface area contributed by atoms with Gasteiger partial charge in [0.2, 0.25) is 0 Å². The van der Waals surface area contributed by atoms with Crippen LogP contribution in [0.25, 0.3) is 0 Å². The van der Waals surface area contributed by atoms with Gasteiger partial charge in [0.1, 0.15) is 0 Å². The van der Waals surface area contributed by atoms with Gasteiger partial charge in [0.15, 0.2) is 17.6 Å². The quantitative estimate of drug-likeness (QED) is 0.861. The van der Waals surface area contributed by atoms with Crippen LogP contribution >= 0.6 is 0 Å². The van der Waals surface area contributed by atoms with E-state index >= 15 is 0 Å². The third-order valence-corrected chi connectivity index (χ3v) is 3.19. The van der Waals surface area contributed by atoms with Crippen LogP contribution in [0.15, 0.2) is 10.6 Å². The van der Waals surface area contributed by atoms with Gasteiger partial charge in [-0.15, -0.1) is 0 Å². The molecule has 0 bridgehead atoms. The van der Waals surface area contributed by atoms with Crippen molar-refractivity contribution in [2.45, 2.75) is 32.4 Å². The molecule has 1 saturated heterocycles. The van der Waals surface area contributed by atoms with Gasteiger partial charge in [-0.25, -0.2) is 4.39 Å². The summed E-state index contributed by atoms with van der Waals surface area (Å²) in [5.74, 6) is 0.145. The van der Waals surface area contributed by atoms with E-state index in [0.717, 1.165) is 13.0 Å². The second-order valence-electron chi connectivity index (χ2n) is 4.81. The minimum atomic E-state index is -1.19. The largest absolute Gasteiger partial charge is 0.381 e. The number of ether oxygens (including phenoxy) is 1. The lowest BCUT2D eigenvalue weighted by Crippen LogP contribution is -2.29. The van der Waals surface area contributed by atoms with Crippen LogP contribution < -0.4 is 5.32 Å². The maximum Gasteiger partial charge on any atom is 0.273 e. The molecular formula is C13H19FN2O3. The number of alkyl halides is 1. The average molecular weight is 270 g/mol. The standard InChI is InChI=1S/C13H19FN2O3/c1-2-3-10(14)12-6-11(16-19-12)13(17)15-7-9-4-5-18-8-9/h6,9-10H,2-5,7-8H2,1H3,(H,15,17). The molecule has 1 aromatic rings. The Morgan fingerprint density at radius 3 is 3.21 bits per heavy atom. The molecule has 5 nitrogen and oxygen atoms in total. The second-order valence-corrected chi connectivity index (χ2v) is 4.81. The van der Waals surface area contributed by atoms with Crippen LogP contribution in [-0.4, -0.2) is 30.8 Å². The van der Waals surface area contributed by atoms with Crippen molar-refractivity contribution in [2.24, 2.45) is 5.92 Å². The zero-order valence-corrected chi connectivity index (χ0v) is 11.0. The van der Waals surface area contributed by atoms with E-state index in [1.807, 2.05) is 6.92 Å². The summed E-state index contributed by atoms with van der Waals surface area (Å²) in [5, 5.41) is 6.37. The highest BCUT2D eigenvalue weighted by molar-refractivity contribution is 5.92. The topological polar surface area (TPSA) is 64.4 Å². The van der Waals surface area contributed by atoms with Crippen LogP contribution in [0.3, 0.4) is 0 Å². The lowest BCUT2D eigenvalue weighted by molar-refractivity contribution is 0.0935. The van der Waals surface area contributed by atoms with E-state index in [9.17, 15) is 9.18 Å². The van der Waals surface area contributed by atoms with Gasteiger partial charge in [-0.1, -0.05) is 18.5 Å². The first-order valence-electron chi connectivity index (χ1n) is 6.67. The molecule has 2 rings (SSSR count). The first-order chi connectivity index (χ1) is 9.20. The lowest BCUT2D eigenvalue weighted by Gasteiger charge is -2.07. The van der Waals surface area contributed by atoms with Gasteiger partial charge in [0.25, 0.3) is 5.91 Å². The van der Waals surface area contributed by atoms with Crippen molar-refractivity contribution in [3.8, 4) is 0 Å². The summed E-state index contributed by atoms with van der Waals surface area (Å²) in [7, 11) is 0. The van der Waals surface area contributed by atoms with E-state index in [2.05, 4.69) is 10.5 Å². The maximum atomic E-state index is 13.6. The van der Waals surface area contributed by atoms with Crippen molar-refractivity contribution >= 4 is 5.91 Å². The molecule has 2 atom stereocenters. The molecule has 1 aliphatic rings. The summed E-state index contributed by atoms with van der Waals surface area (Å²) in [5.41, 5.74) is 0.132. The zero-order chi connectivity index (χ0) is 13.7. The molecule has 1 amide bonds. The minimum absolute atomic E-state index is 0.121. The van der Waals surface area contributed by atoms with Crippen LogP contribution in [0.1, 0.15) is 48.6 Å². The van der Waals surface area contributed by atoms with Crippen LogP contribution in [0.5, 0.6) is 0 Å². The summed E-state index contributed by atoms with van der Waals surface area (Å²) in [4.78, 5) is 11.8. The fourth-order valence-corrected chi connectivity index (χ4v) is 2.01. The lowest BCUT2D eigenvalue weighted by atomic mass is 10.1. The molecule has 2 heterocycles. The van der Waals surface area contributed by atoms with Gasteiger partial charge < -0.3 is 14.6 Å². The number of aromatic nitrogens is 1. The predicted octanol–water partition coefficient (Wildman–Crippen LogP) is 2.25. The van der Waals surface area contributed by atoms with Crippen LogP contribution in [0, 0.1) is 5.92 Å². The van der Waals surface area contributed by atoms with E-state index in [-0.39, 0.29) is 17.4 Å². The highest BCUT2D eigenvalue weighted by Gasteiger charge is 2.20. The molecule has 1 N–H and O–H groups in total. The Hall–Kier alpha value is -1.43. The highest BCUT2D eigenvalue weighted by Crippen LogP contribution is 2.23. The van der Waals surface area contributed by atoms with Crippen molar-refractivity contribution in [2.75, 3.05) is 19.8 Å². The van der Waals surface area contributed by atoms with Gasteiger partial charge in [-0.2, -0.15) is 0 Å². The number of carbonyl (C=O) groups excluding carboxylic acids is 1. The number of rotatable bonds is 6. The molecule has 0 aliphatic carbocycles. The van der Waals surface area contributed by atoms with E-state index in [4.69, 9.17) is 9.26 Å². The molecule has 0 saturated carbocycles. The van der Waals surface area contributed by atoms with E-state index in [0.29, 0.717) is 31.9 Å². The van der Waals surface area contributed by atoms with Crippen LogP contribution in [0.4, 0.5) is 4.39 Å². The number of halogens is 1. The molecule has 0 radical (unpaired) electrons. The number of amides is 1. The maximum absolute atomic E-state index is 13.6. The van der Waals surface area contributed by atoms with Gasteiger partial charge in [0, 0.05) is 25.1 Å². The average Bonchev–Trinajstić information content (AvgIpc) is 3.07. The first-order valence-corrected chi connectivity index (χ1v) is 6.67.